The molecule has 0 aliphatic carbocycles. The van der Waals surface area contributed by atoms with E-state index in [1.54, 1.807) is 17.0 Å². The first kappa shape index (κ1) is 18.9. The minimum absolute atomic E-state index is 0.157. The summed E-state index contributed by atoms with van der Waals surface area (Å²) in [6.07, 6.45) is -0.161. The van der Waals surface area contributed by atoms with Gasteiger partial charge < -0.3 is 15.1 Å². The minimum atomic E-state index is -0.315. The molecule has 1 heterocycles. The number of carbonyl (C=O) groups excluding carboxylic acids is 2. The predicted octanol–water partition coefficient (Wildman–Crippen LogP) is 2.49. The molecule has 5 nitrogen and oxygen atoms in total. The molecule has 2 amide bonds. The molecule has 1 aliphatic heterocycles. The quantitative estimate of drug-likeness (QED) is 0.824. The number of nitrogens with one attached hydrogen (secondary N) is 1. The summed E-state index contributed by atoms with van der Waals surface area (Å²) in [5.41, 5.74) is 3.17. The van der Waals surface area contributed by atoms with E-state index < -0.39 is 0 Å². The van der Waals surface area contributed by atoms with Gasteiger partial charge in [0.05, 0.1) is 0 Å². The molecule has 2 aromatic rings. The molecular formula is C21H24FN3O2. The van der Waals surface area contributed by atoms with Gasteiger partial charge in [-0.1, -0.05) is 24.3 Å². The molecule has 0 atom stereocenters. The first-order chi connectivity index (χ1) is 13.0. The number of aryl methyl sites for hydroxylation is 1. The standard InChI is InChI=1S/C21H24FN3O2/c1-16-3-2-4-19(13-16)24-9-11-25(12-10-24)21(27)14-20(26)23-15-17-5-7-18(22)8-6-17/h2-8,13H,9-12,14-15H2,1H3,(H,23,26). The Bertz CT molecular complexity index is 799. The van der Waals surface area contributed by atoms with Gasteiger partial charge in [-0.15, -0.1) is 0 Å². The van der Waals surface area contributed by atoms with E-state index in [1.165, 1.54) is 23.4 Å². The highest BCUT2D eigenvalue weighted by atomic mass is 19.1. The number of benzene rings is 2. The zero-order chi connectivity index (χ0) is 19.2. The molecular weight excluding hydrogens is 345 g/mol. The SMILES string of the molecule is Cc1cccc(N2CCN(C(=O)CC(=O)NCc3ccc(F)cc3)CC2)c1. The molecule has 1 fully saturated rings. The number of amides is 2. The molecule has 1 aliphatic rings. The van der Waals surface area contributed by atoms with E-state index >= 15 is 0 Å². The van der Waals surface area contributed by atoms with Gasteiger partial charge in [-0.2, -0.15) is 0 Å². The second kappa shape index (κ2) is 8.66. The van der Waals surface area contributed by atoms with Crippen LogP contribution in [0.3, 0.4) is 0 Å². The maximum Gasteiger partial charge on any atom is 0.232 e. The maximum atomic E-state index is 12.9. The van der Waals surface area contributed by atoms with Crippen molar-refractivity contribution < 1.29 is 14.0 Å². The lowest BCUT2D eigenvalue weighted by Crippen LogP contribution is -2.49. The van der Waals surface area contributed by atoms with Crippen LogP contribution in [0.5, 0.6) is 0 Å². The number of hydrogen-bond donors (Lipinski definition) is 1. The van der Waals surface area contributed by atoms with E-state index in [1.807, 2.05) is 6.07 Å². The first-order valence-corrected chi connectivity index (χ1v) is 9.12. The molecule has 1 saturated heterocycles. The second-order valence-electron chi connectivity index (χ2n) is 6.79. The average Bonchev–Trinajstić information content (AvgIpc) is 2.67. The monoisotopic (exact) mass is 369 g/mol. The summed E-state index contributed by atoms with van der Waals surface area (Å²) >= 11 is 0. The predicted molar refractivity (Wildman–Crippen MR) is 103 cm³/mol. The van der Waals surface area contributed by atoms with Crippen LogP contribution in [0.25, 0.3) is 0 Å². The van der Waals surface area contributed by atoms with Crippen molar-refractivity contribution in [2.45, 2.75) is 19.9 Å². The van der Waals surface area contributed by atoms with Crippen LogP contribution < -0.4 is 10.2 Å². The van der Waals surface area contributed by atoms with Crippen molar-refractivity contribution in [3.8, 4) is 0 Å². The first-order valence-electron chi connectivity index (χ1n) is 9.12. The summed E-state index contributed by atoms with van der Waals surface area (Å²) in [7, 11) is 0. The van der Waals surface area contributed by atoms with Gasteiger partial charge in [0.2, 0.25) is 11.8 Å². The molecule has 0 aromatic heterocycles. The average molecular weight is 369 g/mol. The fourth-order valence-electron chi connectivity index (χ4n) is 3.15. The van der Waals surface area contributed by atoms with E-state index in [-0.39, 0.29) is 30.6 Å². The summed E-state index contributed by atoms with van der Waals surface area (Å²) < 4.78 is 12.9. The fraction of sp³-hybridized carbons (Fsp3) is 0.333. The van der Waals surface area contributed by atoms with Gasteiger partial charge in [-0.3, -0.25) is 9.59 Å². The summed E-state index contributed by atoms with van der Waals surface area (Å²) in [4.78, 5) is 28.4. The van der Waals surface area contributed by atoms with Gasteiger partial charge in [-0.25, -0.2) is 4.39 Å². The van der Waals surface area contributed by atoms with Gasteiger partial charge >= 0.3 is 0 Å². The number of halogens is 1. The van der Waals surface area contributed by atoms with Crippen molar-refractivity contribution in [3.05, 3.63) is 65.5 Å². The number of nitrogens with zero attached hydrogens (tertiary/aromatic N) is 2. The van der Waals surface area contributed by atoms with E-state index in [4.69, 9.17) is 0 Å². The van der Waals surface area contributed by atoms with Crippen LogP contribution in [0.1, 0.15) is 17.5 Å². The fourth-order valence-corrected chi connectivity index (χ4v) is 3.15. The largest absolute Gasteiger partial charge is 0.368 e. The summed E-state index contributed by atoms with van der Waals surface area (Å²) in [6.45, 7) is 5.08. The Labute approximate surface area is 158 Å². The van der Waals surface area contributed by atoms with Gasteiger partial charge in [0.25, 0.3) is 0 Å². The highest BCUT2D eigenvalue weighted by Crippen LogP contribution is 2.18. The third-order valence-electron chi connectivity index (χ3n) is 4.71. The van der Waals surface area contributed by atoms with Gasteiger partial charge in [-0.05, 0) is 42.3 Å². The van der Waals surface area contributed by atoms with Gasteiger partial charge in [0.15, 0.2) is 0 Å². The van der Waals surface area contributed by atoms with Crippen LogP contribution >= 0.6 is 0 Å². The lowest BCUT2D eigenvalue weighted by Gasteiger charge is -2.36. The molecule has 2 aromatic carbocycles. The lowest BCUT2D eigenvalue weighted by molar-refractivity contribution is -0.136. The smallest absolute Gasteiger partial charge is 0.232 e. The van der Waals surface area contributed by atoms with Crippen LogP contribution in [0.15, 0.2) is 48.5 Å². The van der Waals surface area contributed by atoms with Crippen LogP contribution in [-0.4, -0.2) is 42.9 Å². The van der Waals surface area contributed by atoms with Crippen molar-refractivity contribution in [2.24, 2.45) is 0 Å². The van der Waals surface area contributed by atoms with E-state index in [0.717, 1.165) is 18.7 Å². The van der Waals surface area contributed by atoms with E-state index in [9.17, 15) is 14.0 Å². The van der Waals surface area contributed by atoms with Crippen molar-refractivity contribution in [3.63, 3.8) is 0 Å². The summed E-state index contributed by atoms with van der Waals surface area (Å²) in [5.74, 6) is -0.786. The third kappa shape index (κ3) is 5.29. The third-order valence-corrected chi connectivity index (χ3v) is 4.71. The Morgan fingerprint density at radius 2 is 1.74 bits per heavy atom. The van der Waals surface area contributed by atoms with Crippen molar-refractivity contribution in [2.75, 3.05) is 31.1 Å². The van der Waals surface area contributed by atoms with Crippen molar-refractivity contribution in [1.29, 1.82) is 0 Å². The highest BCUT2D eigenvalue weighted by molar-refractivity contribution is 5.96. The molecule has 27 heavy (non-hydrogen) atoms. The Kier molecular flexibility index (Phi) is 6.06. The minimum Gasteiger partial charge on any atom is -0.368 e. The number of hydrogen-bond acceptors (Lipinski definition) is 3. The zero-order valence-electron chi connectivity index (χ0n) is 15.5. The Hall–Kier alpha value is -2.89. The number of carbonyl (C=O) groups is 2. The molecule has 0 spiro atoms. The Balaban J connectivity index is 1.43. The van der Waals surface area contributed by atoms with Crippen LogP contribution in [0.2, 0.25) is 0 Å². The second-order valence-corrected chi connectivity index (χ2v) is 6.79. The molecule has 3 rings (SSSR count). The topological polar surface area (TPSA) is 52.7 Å². The van der Waals surface area contributed by atoms with Gasteiger partial charge in [0.1, 0.15) is 12.2 Å². The molecule has 0 bridgehead atoms. The molecule has 0 unspecified atom stereocenters. The summed E-state index contributed by atoms with van der Waals surface area (Å²) in [5, 5.41) is 2.71. The molecule has 0 radical (unpaired) electrons. The maximum absolute atomic E-state index is 12.9. The van der Waals surface area contributed by atoms with Crippen molar-refractivity contribution in [1.82, 2.24) is 10.2 Å². The highest BCUT2D eigenvalue weighted by Gasteiger charge is 2.22. The Morgan fingerprint density at radius 1 is 1.04 bits per heavy atom. The van der Waals surface area contributed by atoms with Crippen molar-refractivity contribution >= 4 is 17.5 Å². The lowest BCUT2D eigenvalue weighted by atomic mass is 10.2. The molecule has 142 valence electrons. The van der Waals surface area contributed by atoms with Crippen LogP contribution in [0.4, 0.5) is 10.1 Å². The van der Waals surface area contributed by atoms with E-state index in [0.29, 0.717) is 13.1 Å². The molecule has 0 saturated carbocycles. The molecule has 1 N–H and O–H groups in total. The number of piperazine rings is 1. The normalized spacial score (nSPS) is 14.1. The number of anilines is 1. The van der Waals surface area contributed by atoms with Gasteiger partial charge in [0, 0.05) is 38.4 Å². The Morgan fingerprint density at radius 3 is 2.41 bits per heavy atom. The number of rotatable bonds is 5. The van der Waals surface area contributed by atoms with Crippen LogP contribution in [0, 0.1) is 12.7 Å². The summed E-state index contributed by atoms with van der Waals surface area (Å²) in [6, 6.07) is 14.2. The van der Waals surface area contributed by atoms with Crippen LogP contribution in [-0.2, 0) is 16.1 Å². The molecule has 6 heteroatoms. The van der Waals surface area contributed by atoms with E-state index in [2.05, 4.69) is 35.3 Å². The zero-order valence-corrected chi connectivity index (χ0v) is 15.5.